The third-order valence-electron chi connectivity index (χ3n) is 3.57. The van der Waals surface area contributed by atoms with Crippen molar-refractivity contribution in [1.82, 2.24) is 9.55 Å². The fraction of sp³-hybridized carbons (Fsp3) is 0.235. The van der Waals surface area contributed by atoms with Crippen LogP contribution in [0.3, 0.4) is 0 Å². The lowest BCUT2D eigenvalue weighted by Gasteiger charge is -2.05. The molecule has 1 aromatic heterocycles. The summed E-state index contributed by atoms with van der Waals surface area (Å²) in [7, 11) is 1.26. The van der Waals surface area contributed by atoms with Crippen molar-refractivity contribution in [3.63, 3.8) is 0 Å². The van der Waals surface area contributed by atoms with Gasteiger partial charge in [-0.3, -0.25) is 19.1 Å². The Hall–Kier alpha value is -2.89. The highest BCUT2D eigenvalue weighted by molar-refractivity contribution is 6.07. The zero-order chi connectivity index (χ0) is 17.1. The summed E-state index contributed by atoms with van der Waals surface area (Å²) in [5.41, 5.74) is -0.168. The normalized spacial score (nSPS) is 11.3. The van der Waals surface area contributed by atoms with E-state index in [-0.39, 0.29) is 0 Å². The summed E-state index contributed by atoms with van der Waals surface area (Å²) >= 11 is 0. The van der Waals surface area contributed by atoms with Crippen molar-refractivity contribution in [1.29, 1.82) is 0 Å². The molecular weight excluding hydrogens is 296 g/mol. The van der Waals surface area contributed by atoms with Gasteiger partial charge in [-0.1, -0.05) is 44.2 Å². The predicted molar refractivity (Wildman–Crippen MR) is 87.9 cm³/mol. The van der Waals surface area contributed by atoms with Gasteiger partial charge in [0.05, 0.1) is 0 Å². The molecule has 0 aliphatic carbocycles. The molecule has 0 spiro atoms. The highest BCUT2D eigenvalue weighted by atomic mass is 16.3. The molecule has 2 N–H and O–H groups in total. The molecule has 2 rings (SSSR count). The van der Waals surface area contributed by atoms with Crippen LogP contribution in [0.15, 0.2) is 39.9 Å². The lowest BCUT2D eigenvalue weighted by Crippen LogP contribution is -2.32. The summed E-state index contributed by atoms with van der Waals surface area (Å²) in [6.07, 6.45) is 2.75. The van der Waals surface area contributed by atoms with Crippen LogP contribution in [0.25, 0.3) is 6.08 Å². The number of allylic oxidation sites excluding steroid dienone is 1. The van der Waals surface area contributed by atoms with Crippen LogP contribution >= 0.6 is 0 Å². The second-order valence-electron chi connectivity index (χ2n) is 5.54. The molecule has 1 heterocycles. The summed E-state index contributed by atoms with van der Waals surface area (Å²) in [5.74, 6) is -0.911. The van der Waals surface area contributed by atoms with Crippen molar-refractivity contribution >= 4 is 11.9 Å². The fourth-order valence-corrected chi connectivity index (χ4v) is 2.08. The van der Waals surface area contributed by atoms with Gasteiger partial charge in [0, 0.05) is 7.05 Å². The van der Waals surface area contributed by atoms with E-state index in [1.165, 1.54) is 18.7 Å². The zero-order valence-corrected chi connectivity index (χ0v) is 13.2. The van der Waals surface area contributed by atoms with E-state index in [9.17, 15) is 19.5 Å². The standard InChI is InChI=1S/C17H18N2O4/c1-10(2)12-7-4-11(5-8-12)6-9-13(20)14-15(21)18-17(23)19(3)16(14)22/h4-10,22H,1-3H3,(H,18,21,23). The Morgan fingerprint density at radius 2 is 1.83 bits per heavy atom. The number of rotatable bonds is 4. The van der Waals surface area contributed by atoms with Crippen molar-refractivity contribution in [2.24, 2.45) is 7.05 Å². The van der Waals surface area contributed by atoms with E-state index in [1.54, 1.807) is 6.08 Å². The highest BCUT2D eigenvalue weighted by Gasteiger charge is 2.17. The Balaban J connectivity index is 2.31. The average molecular weight is 314 g/mol. The van der Waals surface area contributed by atoms with Gasteiger partial charge in [0.1, 0.15) is 5.56 Å². The van der Waals surface area contributed by atoms with Crippen molar-refractivity contribution in [2.75, 3.05) is 0 Å². The minimum atomic E-state index is -0.907. The van der Waals surface area contributed by atoms with Crippen LogP contribution in [0.2, 0.25) is 0 Å². The maximum absolute atomic E-state index is 12.1. The average Bonchev–Trinajstić information content (AvgIpc) is 2.51. The minimum absolute atomic E-state index is 0.413. The lowest BCUT2D eigenvalue weighted by atomic mass is 10.0. The Labute approximate surface area is 132 Å². The summed E-state index contributed by atoms with van der Waals surface area (Å²) in [6, 6.07) is 7.66. The maximum Gasteiger partial charge on any atom is 0.330 e. The van der Waals surface area contributed by atoms with E-state index < -0.39 is 28.5 Å². The summed E-state index contributed by atoms with van der Waals surface area (Å²) in [6.45, 7) is 4.17. The van der Waals surface area contributed by atoms with Crippen molar-refractivity contribution in [3.8, 4) is 5.88 Å². The first kappa shape index (κ1) is 16.5. The molecule has 0 saturated heterocycles. The number of aromatic amines is 1. The number of hydrogen-bond acceptors (Lipinski definition) is 4. The third-order valence-corrected chi connectivity index (χ3v) is 3.57. The first-order valence-electron chi connectivity index (χ1n) is 7.16. The highest BCUT2D eigenvalue weighted by Crippen LogP contribution is 2.16. The van der Waals surface area contributed by atoms with Gasteiger partial charge in [0.15, 0.2) is 5.78 Å². The van der Waals surface area contributed by atoms with Gasteiger partial charge >= 0.3 is 5.69 Å². The Morgan fingerprint density at radius 3 is 2.39 bits per heavy atom. The molecule has 120 valence electrons. The molecule has 0 amide bonds. The zero-order valence-electron chi connectivity index (χ0n) is 13.2. The van der Waals surface area contributed by atoms with E-state index in [1.807, 2.05) is 29.2 Å². The molecule has 1 aromatic carbocycles. The number of carbonyl (C=O) groups is 1. The quantitative estimate of drug-likeness (QED) is 0.665. The minimum Gasteiger partial charge on any atom is -0.494 e. The van der Waals surface area contributed by atoms with E-state index >= 15 is 0 Å². The van der Waals surface area contributed by atoms with Crippen LogP contribution in [0.4, 0.5) is 0 Å². The maximum atomic E-state index is 12.1. The summed E-state index contributed by atoms with van der Waals surface area (Å²) < 4.78 is 0.805. The smallest absolute Gasteiger partial charge is 0.330 e. The van der Waals surface area contributed by atoms with Crippen LogP contribution in [0, 0.1) is 0 Å². The van der Waals surface area contributed by atoms with Gasteiger partial charge < -0.3 is 5.11 Å². The van der Waals surface area contributed by atoms with Gasteiger partial charge in [-0.15, -0.1) is 0 Å². The molecule has 23 heavy (non-hydrogen) atoms. The van der Waals surface area contributed by atoms with Gasteiger partial charge in [-0.05, 0) is 23.1 Å². The molecule has 0 radical (unpaired) electrons. The van der Waals surface area contributed by atoms with Crippen molar-refractivity contribution < 1.29 is 9.90 Å². The van der Waals surface area contributed by atoms with Gasteiger partial charge in [-0.25, -0.2) is 4.79 Å². The van der Waals surface area contributed by atoms with Gasteiger partial charge in [0.2, 0.25) is 5.88 Å². The van der Waals surface area contributed by atoms with E-state index in [2.05, 4.69) is 13.8 Å². The Kier molecular flexibility index (Phi) is 4.64. The number of H-pyrrole nitrogens is 1. The van der Waals surface area contributed by atoms with Crippen molar-refractivity contribution in [2.45, 2.75) is 19.8 Å². The molecule has 0 aliphatic rings. The number of hydrogen-bond donors (Lipinski definition) is 2. The molecule has 0 fully saturated rings. The van der Waals surface area contributed by atoms with Crippen molar-refractivity contribution in [3.05, 3.63) is 67.9 Å². The van der Waals surface area contributed by atoms with Crippen LogP contribution in [0.1, 0.15) is 41.3 Å². The van der Waals surface area contributed by atoms with Crippen LogP contribution in [0.5, 0.6) is 5.88 Å². The second-order valence-corrected chi connectivity index (χ2v) is 5.54. The first-order valence-corrected chi connectivity index (χ1v) is 7.16. The number of carbonyl (C=O) groups excluding carboxylic acids is 1. The molecule has 0 unspecified atom stereocenters. The SMILES string of the molecule is CC(C)c1ccc(C=CC(=O)c2c(O)n(C)c(=O)[nH]c2=O)cc1. The van der Waals surface area contributed by atoms with Crippen LogP contribution in [-0.4, -0.2) is 20.4 Å². The molecule has 0 bridgehead atoms. The predicted octanol–water partition coefficient (Wildman–Crippen LogP) is 1.80. The number of nitrogens with zero attached hydrogens (tertiary/aromatic N) is 1. The summed E-state index contributed by atoms with van der Waals surface area (Å²) in [4.78, 5) is 37.1. The molecular formula is C17H18N2O4. The number of benzene rings is 1. The van der Waals surface area contributed by atoms with Crippen LogP contribution in [-0.2, 0) is 7.05 Å². The monoisotopic (exact) mass is 314 g/mol. The Bertz CT molecular complexity index is 871. The second kappa shape index (κ2) is 6.48. The van der Waals surface area contributed by atoms with E-state index in [0.717, 1.165) is 10.1 Å². The van der Waals surface area contributed by atoms with Gasteiger partial charge in [0.25, 0.3) is 5.56 Å². The molecule has 6 nitrogen and oxygen atoms in total. The molecule has 6 heteroatoms. The fourth-order valence-electron chi connectivity index (χ4n) is 2.08. The molecule has 0 aliphatic heterocycles. The Morgan fingerprint density at radius 1 is 1.22 bits per heavy atom. The number of aromatic hydroxyl groups is 1. The topological polar surface area (TPSA) is 92.2 Å². The first-order chi connectivity index (χ1) is 10.8. The van der Waals surface area contributed by atoms with Crippen LogP contribution < -0.4 is 11.2 Å². The number of aromatic nitrogens is 2. The number of ketones is 1. The largest absolute Gasteiger partial charge is 0.494 e. The summed E-state index contributed by atoms with van der Waals surface area (Å²) in [5, 5.41) is 9.81. The van der Waals surface area contributed by atoms with Gasteiger partial charge in [-0.2, -0.15) is 0 Å². The third kappa shape index (κ3) is 3.48. The molecule has 2 aromatic rings. The van der Waals surface area contributed by atoms with E-state index in [4.69, 9.17) is 0 Å². The van der Waals surface area contributed by atoms with E-state index in [0.29, 0.717) is 5.92 Å². The lowest BCUT2D eigenvalue weighted by molar-refractivity contribution is 0.104. The molecule has 0 saturated carbocycles. The number of nitrogens with one attached hydrogen (secondary N) is 1. The molecule has 0 atom stereocenters.